The quantitative estimate of drug-likeness (QED) is 0.302. The molecule has 0 fully saturated rings. The van der Waals surface area contributed by atoms with Crippen LogP contribution in [0.15, 0.2) is 0 Å². The zero-order chi connectivity index (χ0) is 4.50. The summed E-state index contributed by atoms with van der Waals surface area (Å²) in [7, 11) is -4.61. The average molecular weight is 415 g/mol. The van der Waals surface area contributed by atoms with Gasteiger partial charge in [0.15, 0.2) is 0 Å². The van der Waals surface area contributed by atoms with Crippen molar-refractivity contribution in [2.45, 2.75) is 0 Å². The van der Waals surface area contributed by atoms with Gasteiger partial charge >= 0.3 is 66.6 Å². The Kier molecular flexibility index (Phi) is 27.7. The van der Waals surface area contributed by atoms with E-state index in [0.29, 0.717) is 0 Å². The Morgan fingerprint density at radius 1 is 1.00 bits per heavy atom. The van der Waals surface area contributed by atoms with Gasteiger partial charge in [-0.25, -0.2) is 0 Å². The molecular weight excluding hydrogens is 406 g/mol. The van der Waals surface area contributed by atoms with E-state index in [-0.39, 0.29) is 87.7 Å². The molecule has 0 atom stereocenters. The van der Waals surface area contributed by atoms with E-state index in [1.807, 2.05) is 0 Å². The molecule has 0 aliphatic carbocycles. The average Bonchev–Trinajstić information content (AvgIpc) is 0.722. The first-order valence-corrected chi connectivity index (χ1v) is 2.68. The zero-order valence-corrected chi connectivity index (χ0v) is 11.3. The van der Waals surface area contributed by atoms with Gasteiger partial charge in [0, 0.05) is 27.3 Å². The standard InChI is InChI=1S/Ca.Ga.H4O4Si.Tl.5H/c;;1-5(2,3)4;;;;;;/h;;1-4H;;;;;;/q+2;;;;;;;2*-1. The molecule has 0 amide bonds. The van der Waals surface area contributed by atoms with Gasteiger partial charge in [-0.15, -0.1) is 0 Å². The van der Waals surface area contributed by atoms with Crippen LogP contribution in [0.3, 0.4) is 0 Å². The predicted octanol–water partition coefficient (Wildman–Crippen LogP) is -4.33. The number of hydrogen-bond donors (Lipinski definition) is 4. The molecular formula is H9CaGaO4SiTl. The second-order valence-corrected chi connectivity index (χ2v) is 1.80. The summed E-state index contributed by atoms with van der Waals surface area (Å²) in [6.07, 6.45) is 0. The molecule has 0 saturated heterocycles. The van der Waals surface area contributed by atoms with Crippen LogP contribution >= 0.6 is 0 Å². The van der Waals surface area contributed by atoms with E-state index < -0.39 is 9.05 Å². The van der Waals surface area contributed by atoms with E-state index >= 15 is 0 Å². The minimum absolute atomic E-state index is 0. The molecule has 0 unspecified atom stereocenters. The smallest absolute Gasteiger partial charge is 0 e. The molecule has 0 saturated carbocycles. The first-order valence-electron chi connectivity index (χ1n) is 0.894. The van der Waals surface area contributed by atoms with Crippen molar-refractivity contribution in [3.8, 4) is 0 Å². The van der Waals surface area contributed by atoms with Crippen molar-refractivity contribution in [1.82, 2.24) is 0 Å². The van der Waals surface area contributed by atoms with E-state index in [1.165, 1.54) is 0 Å². The van der Waals surface area contributed by atoms with Crippen molar-refractivity contribution in [2.24, 2.45) is 0 Å². The zero-order valence-electron chi connectivity index (χ0n) is 5.57. The van der Waals surface area contributed by atoms with Crippen LogP contribution < -0.4 is 0 Å². The van der Waals surface area contributed by atoms with Gasteiger partial charge in [-0.05, 0) is 0 Å². The first-order chi connectivity index (χ1) is 2.00. The van der Waals surface area contributed by atoms with Crippen LogP contribution in [0.5, 0.6) is 0 Å². The molecule has 1 radical (unpaired) electrons. The van der Waals surface area contributed by atoms with E-state index in [1.54, 1.807) is 0 Å². The maximum Gasteiger partial charge on any atom is 0 e. The molecule has 0 aliphatic heterocycles. The third-order valence-electron chi connectivity index (χ3n) is 0. The molecule has 0 aromatic heterocycles. The van der Waals surface area contributed by atoms with E-state index in [0.717, 1.165) is 0 Å². The Hall–Kier alpha value is 2.88. The Bertz CT molecular complexity index is 38.7. The van der Waals surface area contributed by atoms with Gasteiger partial charge in [-0.3, -0.25) is 0 Å². The Balaban J connectivity index is -0.00000000800. The van der Waals surface area contributed by atoms with Gasteiger partial charge in [0.05, 0.1) is 0 Å². The number of hydrogen-bond acceptors (Lipinski definition) is 4. The second-order valence-electron chi connectivity index (χ2n) is 0.600. The fourth-order valence-corrected chi connectivity index (χ4v) is 0. The Morgan fingerprint density at radius 2 is 1.00 bits per heavy atom. The number of rotatable bonds is 0. The minimum atomic E-state index is -4.61. The summed E-state index contributed by atoms with van der Waals surface area (Å²) in [5.41, 5.74) is 0. The Labute approximate surface area is 114 Å². The van der Waals surface area contributed by atoms with Gasteiger partial charge in [0.25, 0.3) is 0 Å². The van der Waals surface area contributed by atoms with Crippen LogP contribution in [0, 0.1) is 0 Å². The summed E-state index contributed by atoms with van der Waals surface area (Å²) in [6.45, 7) is 0. The summed E-state index contributed by atoms with van der Waals surface area (Å²) < 4.78 is 0. The molecule has 0 bridgehead atoms. The first kappa shape index (κ1) is 22.4. The minimum Gasteiger partial charge on any atom is -1.00 e. The predicted molar refractivity (Wildman–Crippen MR) is 38.3 cm³/mol. The van der Waals surface area contributed by atoms with Crippen molar-refractivity contribution >= 4 is 93.9 Å². The summed E-state index contributed by atoms with van der Waals surface area (Å²) in [5, 5.41) is 0. The van der Waals surface area contributed by atoms with Crippen LogP contribution in [0.4, 0.5) is 0 Å². The van der Waals surface area contributed by atoms with Crippen molar-refractivity contribution in [3.63, 3.8) is 0 Å². The third-order valence-corrected chi connectivity index (χ3v) is 0. The molecule has 4 N–H and O–H groups in total. The molecule has 0 heterocycles. The van der Waals surface area contributed by atoms with Crippen molar-refractivity contribution in [2.75, 3.05) is 0 Å². The molecule has 8 heteroatoms. The SMILES string of the molecule is O[Si](O)(O)O.[Ca+2].[GaH3].[H-].[H-].[Tl]. The van der Waals surface area contributed by atoms with Crippen LogP contribution in [0.1, 0.15) is 2.85 Å². The molecule has 0 aliphatic rings. The molecule has 45 valence electrons. The monoisotopic (exact) mass is 415 g/mol. The van der Waals surface area contributed by atoms with Crippen LogP contribution in [0.2, 0.25) is 0 Å². The summed E-state index contributed by atoms with van der Waals surface area (Å²) in [4.78, 5) is 29.3. The fraction of sp³-hybridized carbons (Fsp3) is 0. The van der Waals surface area contributed by atoms with Gasteiger partial charge in [-0.2, -0.15) is 0 Å². The van der Waals surface area contributed by atoms with Crippen molar-refractivity contribution in [1.29, 1.82) is 0 Å². The van der Waals surface area contributed by atoms with E-state index in [9.17, 15) is 0 Å². The Morgan fingerprint density at radius 3 is 1.00 bits per heavy atom. The van der Waals surface area contributed by atoms with Crippen LogP contribution in [0.25, 0.3) is 0 Å². The summed E-state index contributed by atoms with van der Waals surface area (Å²) in [5.74, 6) is 0. The molecule has 0 aromatic rings. The van der Waals surface area contributed by atoms with Gasteiger partial charge in [0.1, 0.15) is 0 Å². The van der Waals surface area contributed by atoms with Crippen molar-refractivity contribution in [3.05, 3.63) is 0 Å². The molecule has 4 nitrogen and oxygen atoms in total. The normalized spacial score (nSPS) is 7.50. The summed E-state index contributed by atoms with van der Waals surface area (Å²) in [6, 6.07) is 0. The van der Waals surface area contributed by atoms with Crippen LogP contribution in [-0.2, 0) is 0 Å². The van der Waals surface area contributed by atoms with Crippen molar-refractivity contribution < 1.29 is 22.0 Å². The second kappa shape index (κ2) is 9.88. The fourth-order valence-electron chi connectivity index (χ4n) is 0. The molecule has 8 heavy (non-hydrogen) atoms. The van der Waals surface area contributed by atoms with Gasteiger partial charge in [-0.1, -0.05) is 0 Å². The maximum absolute atomic E-state index is 7.33. The summed E-state index contributed by atoms with van der Waals surface area (Å²) >= 11 is 0. The molecule has 0 spiro atoms. The topological polar surface area (TPSA) is 80.9 Å². The van der Waals surface area contributed by atoms with Gasteiger partial charge < -0.3 is 22.0 Å². The molecule has 0 aromatic carbocycles. The van der Waals surface area contributed by atoms with Crippen LogP contribution in [-0.4, -0.2) is 113 Å². The largest absolute Gasteiger partial charge is 1.00 e. The van der Waals surface area contributed by atoms with E-state index in [2.05, 4.69) is 0 Å². The van der Waals surface area contributed by atoms with E-state index in [4.69, 9.17) is 19.2 Å². The van der Waals surface area contributed by atoms with Gasteiger partial charge in [0.2, 0.25) is 0 Å². The maximum atomic E-state index is 7.33. The third kappa shape index (κ3) is 66.6. The molecule has 0 rings (SSSR count).